The van der Waals surface area contributed by atoms with Crippen LogP contribution >= 0.6 is 11.6 Å². The number of pyridine rings is 1. The van der Waals surface area contributed by atoms with Gasteiger partial charge >= 0.3 is 11.8 Å². The summed E-state index contributed by atoms with van der Waals surface area (Å²) in [5.41, 5.74) is 1.30. The lowest BCUT2D eigenvalue weighted by atomic mass is 10.2. The van der Waals surface area contributed by atoms with Gasteiger partial charge in [-0.15, -0.1) is 0 Å². The summed E-state index contributed by atoms with van der Waals surface area (Å²) < 4.78 is 0. The van der Waals surface area contributed by atoms with Gasteiger partial charge in [0.15, 0.2) is 5.65 Å². The maximum atomic E-state index is 11.9. The van der Waals surface area contributed by atoms with Crippen molar-refractivity contribution in [1.29, 1.82) is 0 Å². The van der Waals surface area contributed by atoms with E-state index in [0.29, 0.717) is 21.9 Å². The molecule has 2 heterocycles. The summed E-state index contributed by atoms with van der Waals surface area (Å²) in [7, 11) is 0. The number of halogens is 1. The van der Waals surface area contributed by atoms with E-state index in [4.69, 9.17) is 11.6 Å². The molecule has 3 aromatic rings. The number of anilines is 1. The molecule has 0 saturated carbocycles. The Hall–Kier alpha value is -2.93. The van der Waals surface area contributed by atoms with Gasteiger partial charge < -0.3 is 10.6 Å². The predicted octanol–water partition coefficient (Wildman–Crippen LogP) is 1.87. The highest BCUT2D eigenvalue weighted by atomic mass is 35.5. The molecule has 0 spiro atoms. The van der Waals surface area contributed by atoms with Crippen molar-refractivity contribution < 1.29 is 9.59 Å². The SMILES string of the molecule is O=C(NCc1ccc(Cl)cc1)C(=O)Nc1[nH]nc2ncccc12. The maximum Gasteiger partial charge on any atom is 0.314 e. The van der Waals surface area contributed by atoms with E-state index in [9.17, 15) is 9.59 Å². The number of nitrogens with one attached hydrogen (secondary N) is 3. The lowest BCUT2D eigenvalue weighted by Gasteiger charge is -2.05. The monoisotopic (exact) mass is 329 g/mol. The van der Waals surface area contributed by atoms with Gasteiger partial charge in [-0.1, -0.05) is 23.7 Å². The molecule has 2 aromatic heterocycles. The molecule has 1 aromatic carbocycles. The molecule has 7 nitrogen and oxygen atoms in total. The first kappa shape index (κ1) is 15.0. The number of H-pyrrole nitrogens is 1. The molecule has 0 radical (unpaired) electrons. The van der Waals surface area contributed by atoms with Gasteiger partial charge in [0, 0.05) is 17.8 Å². The van der Waals surface area contributed by atoms with E-state index in [1.165, 1.54) is 0 Å². The van der Waals surface area contributed by atoms with Crippen LogP contribution in [0.25, 0.3) is 11.0 Å². The number of aromatic amines is 1. The van der Waals surface area contributed by atoms with Gasteiger partial charge in [-0.05, 0) is 29.8 Å². The molecule has 0 aliphatic heterocycles. The minimum Gasteiger partial charge on any atom is -0.344 e. The number of hydrogen-bond donors (Lipinski definition) is 3. The number of benzene rings is 1. The van der Waals surface area contributed by atoms with Gasteiger partial charge in [0.05, 0.1) is 5.39 Å². The average molecular weight is 330 g/mol. The quantitative estimate of drug-likeness (QED) is 0.639. The maximum absolute atomic E-state index is 11.9. The van der Waals surface area contributed by atoms with Gasteiger partial charge in [-0.25, -0.2) is 4.98 Å². The molecule has 116 valence electrons. The molecule has 0 unspecified atom stereocenters. The van der Waals surface area contributed by atoms with Crippen molar-refractivity contribution in [3.05, 3.63) is 53.2 Å². The van der Waals surface area contributed by atoms with Crippen LogP contribution in [0.4, 0.5) is 5.82 Å². The van der Waals surface area contributed by atoms with Crippen LogP contribution in [0.3, 0.4) is 0 Å². The summed E-state index contributed by atoms with van der Waals surface area (Å²) in [6.07, 6.45) is 1.59. The Morgan fingerprint density at radius 1 is 1.13 bits per heavy atom. The first-order valence-electron chi connectivity index (χ1n) is 6.76. The van der Waals surface area contributed by atoms with Crippen molar-refractivity contribution in [2.24, 2.45) is 0 Å². The summed E-state index contributed by atoms with van der Waals surface area (Å²) in [6, 6.07) is 10.4. The molecule has 3 N–H and O–H groups in total. The standard InChI is InChI=1S/C15H12ClN5O2/c16-10-5-3-9(4-6-10)8-18-14(22)15(23)19-13-11-2-1-7-17-12(11)20-21-13/h1-7H,8H2,(H,18,22)(H2,17,19,20,21,23). The molecule has 8 heteroatoms. The molecule has 0 saturated heterocycles. The minimum absolute atomic E-state index is 0.231. The molecule has 2 amide bonds. The first-order chi connectivity index (χ1) is 11.1. The van der Waals surface area contributed by atoms with Gasteiger partial charge in [0.1, 0.15) is 5.82 Å². The second-order valence-corrected chi connectivity index (χ2v) is 5.17. The Morgan fingerprint density at radius 2 is 1.91 bits per heavy atom. The lowest BCUT2D eigenvalue weighted by molar-refractivity contribution is -0.136. The number of nitrogens with zero attached hydrogens (tertiary/aromatic N) is 2. The Morgan fingerprint density at radius 3 is 2.70 bits per heavy atom. The zero-order valence-corrected chi connectivity index (χ0v) is 12.6. The first-order valence-corrected chi connectivity index (χ1v) is 7.14. The number of amides is 2. The molecule has 0 aliphatic rings. The highest BCUT2D eigenvalue weighted by Gasteiger charge is 2.16. The summed E-state index contributed by atoms with van der Waals surface area (Å²) in [6.45, 7) is 0.231. The van der Waals surface area contributed by atoms with E-state index in [1.807, 2.05) is 0 Å². The number of aromatic nitrogens is 3. The van der Waals surface area contributed by atoms with Crippen LogP contribution in [-0.2, 0) is 16.1 Å². The molecule has 0 bridgehead atoms. The molecule has 0 fully saturated rings. The Labute approximate surface area is 136 Å². The van der Waals surface area contributed by atoms with Crippen LogP contribution in [0.15, 0.2) is 42.6 Å². The highest BCUT2D eigenvalue weighted by molar-refractivity contribution is 6.40. The predicted molar refractivity (Wildman–Crippen MR) is 85.8 cm³/mol. The fourth-order valence-electron chi connectivity index (χ4n) is 1.98. The third-order valence-corrected chi connectivity index (χ3v) is 3.39. The highest BCUT2D eigenvalue weighted by Crippen LogP contribution is 2.17. The smallest absolute Gasteiger partial charge is 0.314 e. The third-order valence-electron chi connectivity index (χ3n) is 3.14. The Balaban J connectivity index is 1.61. The second kappa shape index (κ2) is 6.45. The topological polar surface area (TPSA) is 99.8 Å². The van der Waals surface area contributed by atoms with Gasteiger partial charge in [0.25, 0.3) is 0 Å². The number of rotatable bonds is 3. The van der Waals surface area contributed by atoms with Crippen LogP contribution < -0.4 is 10.6 Å². The summed E-state index contributed by atoms with van der Waals surface area (Å²) in [4.78, 5) is 27.8. The van der Waals surface area contributed by atoms with E-state index in [0.717, 1.165) is 5.56 Å². The van der Waals surface area contributed by atoms with Crippen molar-refractivity contribution in [2.45, 2.75) is 6.54 Å². The molecule has 23 heavy (non-hydrogen) atoms. The summed E-state index contributed by atoms with van der Waals surface area (Å²) in [5, 5.41) is 12.8. The van der Waals surface area contributed by atoms with Crippen LogP contribution in [-0.4, -0.2) is 27.0 Å². The largest absolute Gasteiger partial charge is 0.344 e. The zero-order valence-electron chi connectivity index (χ0n) is 11.8. The van der Waals surface area contributed by atoms with E-state index in [1.54, 1.807) is 42.6 Å². The van der Waals surface area contributed by atoms with Gasteiger partial charge in [0.2, 0.25) is 0 Å². The molecular weight excluding hydrogens is 318 g/mol. The minimum atomic E-state index is -0.784. The Kier molecular flexibility index (Phi) is 4.20. The fourth-order valence-corrected chi connectivity index (χ4v) is 2.11. The van der Waals surface area contributed by atoms with E-state index in [-0.39, 0.29) is 6.54 Å². The van der Waals surface area contributed by atoms with E-state index in [2.05, 4.69) is 25.8 Å². The van der Waals surface area contributed by atoms with Crippen molar-refractivity contribution in [1.82, 2.24) is 20.5 Å². The normalized spacial score (nSPS) is 10.5. The number of fused-ring (bicyclic) bond motifs is 1. The van der Waals surface area contributed by atoms with Gasteiger partial charge in [-0.2, -0.15) is 5.10 Å². The van der Waals surface area contributed by atoms with Gasteiger partial charge in [-0.3, -0.25) is 14.7 Å². The van der Waals surface area contributed by atoms with Crippen LogP contribution in [0.5, 0.6) is 0 Å². The molecular formula is C15H12ClN5O2. The number of hydrogen-bond acceptors (Lipinski definition) is 4. The van der Waals surface area contributed by atoms with E-state index < -0.39 is 11.8 Å². The number of carbonyl (C=O) groups is 2. The zero-order chi connectivity index (χ0) is 16.2. The van der Waals surface area contributed by atoms with Crippen LogP contribution in [0.2, 0.25) is 5.02 Å². The summed E-state index contributed by atoms with van der Waals surface area (Å²) >= 11 is 5.79. The van der Waals surface area contributed by atoms with Crippen molar-refractivity contribution in [2.75, 3.05) is 5.32 Å². The van der Waals surface area contributed by atoms with Crippen molar-refractivity contribution in [3.8, 4) is 0 Å². The third kappa shape index (κ3) is 3.46. The lowest BCUT2D eigenvalue weighted by Crippen LogP contribution is -2.35. The fraction of sp³-hybridized carbons (Fsp3) is 0.0667. The van der Waals surface area contributed by atoms with Crippen molar-refractivity contribution in [3.63, 3.8) is 0 Å². The number of carbonyl (C=O) groups excluding carboxylic acids is 2. The van der Waals surface area contributed by atoms with E-state index >= 15 is 0 Å². The molecule has 0 aliphatic carbocycles. The van der Waals surface area contributed by atoms with Crippen molar-refractivity contribution >= 4 is 40.3 Å². The molecule has 0 atom stereocenters. The molecule has 3 rings (SSSR count). The average Bonchev–Trinajstić information content (AvgIpc) is 2.97. The second-order valence-electron chi connectivity index (χ2n) is 4.74. The van der Waals surface area contributed by atoms with Crippen LogP contribution in [0.1, 0.15) is 5.56 Å². The Bertz CT molecular complexity index is 860. The summed E-state index contributed by atoms with van der Waals surface area (Å²) in [5.74, 6) is -1.19. The van der Waals surface area contributed by atoms with Crippen LogP contribution in [0, 0.1) is 0 Å².